The molecule has 1 aliphatic rings. The zero-order chi connectivity index (χ0) is 18.6. The van der Waals surface area contributed by atoms with Crippen LogP contribution in [0.2, 0.25) is 0 Å². The van der Waals surface area contributed by atoms with Gasteiger partial charge in [0, 0.05) is 37.9 Å². The molecule has 0 spiro atoms. The number of nitrogens with zero attached hydrogens (tertiary/aromatic N) is 2. The molecule has 1 aliphatic heterocycles. The molecular formula is C22H29N3O. The van der Waals surface area contributed by atoms with Gasteiger partial charge in [0.15, 0.2) is 0 Å². The fourth-order valence-corrected chi connectivity index (χ4v) is 3.38. The Labute approximate surface area is 156 Å². The van der Waals surface area contributed by atoms with Gasteiger partial charge in [-0.05, 0) is 42.5 Å². The fraction of sp³-hybridized carbons (Fsp3) is 0.455. The normalized spacial score (nSPS) is 20.0. The summed E-state index contributed by atoms with van der Waals surface area (Å²) in [5.74, 6) is 0.668. The lowest BCUT2D eigenvalue weighted by Crippen LogP contribution is -2.65. The van der Waals surface area contributed by atoms with Gasteiger partial charge in [-0.25, -0.2) is 0 Å². The average molecular weight is 351 g/mol. The summed E-state index contributed by atoms with van der Waals surface area (Å²) in [6.07, 6.45) is 3.46. The van der Waals surface area contributed by atoms with E-state index in [1.165, 1.54) is 11.1 Å². The number of aromatic nitrogens is 1. The Kier molecular flexibility index (Phi) is 5.72. The van der Waals surface area contributed by atoms with E-state index in [1.807, 2.05) is 18.2 Å². The second kappa shape index (κ2) is 8.00. The smallest absolute Gasteiger partial charge is 0.240 e. The summed E-state index contributed by atoms with van der Waals surface area (Å²) in [5.41, 5.74) is 3.23. The summed E-state index contributed by atoms with van der Waals surface area (Å²) in [7, 11) is 0. The molecule has 1 unspecified atom stereocenters. The zero-order valence-corrected chi connectivity index (χ0v) is 16.0. The van der Waals surface area contributed by atoms with Gasteiger partial charge in [0.25, 0.3) is 0 Å². The number of amides is 1. The third-order valence-electron chi connectivity index (χ3n) is 5.47. The van der Waals surface area contributed by atoms with E-state index in [0.717, 1.165) is 31.6 Å². The lowest BCUT2D eigenvalue weighted by Gasteiger charge is -2.49. The SMILES string of the molecule is CC(C)c1ccc(CN2CCC2(C)C(=O)NCCc2ccccn2)cc1. The molecule has 2 heterocycles. The number of hydrogen-bond acceptors (Lipinski definition) is 3. The largest absolute Gasteiger partial charge is 0.354 e. The number of carbonyl (C=O) groups is 1. The van der Waals surface area contributed by atoms with Gasteiger partial charge in [0.05, 0.1) is 5.54 Å². The molecule has 0 bridgehead atoms. The maximum atomic E-state index is 12.7. The van der Waals surface area contributed by atoms with Gasteiger partial charge in [0.1, 0.15) is 0 Å². The van der Waals surface area contributed by atoms with Crippen LogP contribution in [0.25, 0.3) is 0 Å². The van der Waals surface area contributed by atoms with Crippen LogP contribution in [-0.2, 0) is 17.8 Å². The topological polar surface area (TPSA) is 45.2 Å². The Balaban J connectivity index is 1.52. The lowest BCUT2D eigenvalue weighted by atomic mass is 9.85. The van der Waals surface area contributed by atoms with Crippen LogP contribution >= 0.6 is 0 Å². The summed E-state index contributed by atoms with van der Waals surface area (Å²) in [6.45, 7) is 8.88. The highest BCUT2D eigenvalue weighted by Gasteiger charge is 2.46. The summed E-state index contributed by atoms with van der Waals surface area (Å²) >= 11 is 0. The Morgan fingerprint density at radius 3 is 2.58 bits per heavy atom. The number of nitrogens with one attached hydrogen (secondary N) is 1. The molecular weight excluding hydrogens is 322 g/mol. The van der Waals surface area contributed by atoms with Crippen molar-refractivity contribution in [2.75, 3.05) is 13.1 Å². The highest BCUT2D eigenvalue weighted by molar-refractivity contribution is 5.86. The predicted octanol–water partition coefficient (Wildman–Crippen LogP) is 3.53. The van der Waals surface area contributed by atoms with Gasteiger partial charge in [0.2, 0.25) is 5.91 Å². The van der Waals surface area contributed by atoms with Crippen molar-refractivity contribution in [2.24, 2.45) is 0 Å². The van der Waals surface area contributed by atoms with Crippen molar-refractivity contribution >= 4 is 5.91 Å². The summed E-state index contributed by atoms with van der Waals surface area (Å²) in [5, 5.41) is 3.09. The third-order valence-corrected chi connectivity index (χ3v) is 5.47. The van der Waals surface area contributed by atoms with E-state index in [1.54, 1.807) is 6.20 Å². The van der Waals surface area contributed by atoms with E-state index < -0.39 is 5.54 Å². The number of hydrogen-bond donors (Lipinski definition) is 1. The molecule has 0 radical (unpaired) electrons. The first-order chi connectivity index (χ1) is 12.5. The number of likely N-dealkylation sites (tertiary alicyclic amines) is 1. The van der Waals surface area contributed by atoms with Gasteiger partial charge < -0.3 is 5.32 Å². The Morgan fingerprint density at radius 1 is 1.23 bits per heavy atom. The van der Waals surface area contributed by atoms with Crippen molar-refractivity contribution in [2.45, 2.75) is 51.6 Å². The maximum Gasteiger partial charge on any atom is 0.240 e. The summed E-state index contributed by atoms with van der Waals surface area (Å²) in [6, 6.07) is 14.6. The second-order valence-electron chi connectivity index (χ2n) is 7.67. The molecule has 1 amide bonds. The monoisotopic (exact) mass is 351 g/mol. The van der Waals surface area contributed by atoms with Crippen molar-refractivity contribution in [3.8, 4) is 0 Å². The Bertz CT molecular complexity index is 727. The third kappa shape index (κ3) is 4.13. The lowest BCUT2D eigenvalue weighted by molar-refractivity contribution is -0.141. The molecule has 1 saturated heterocycles. The van der Waals surface area contributed by atoms with Crippen LogP contribution < -0.4 is 5.32 Å². The first kappa shape index (κ1) is 18.6. The van der Waals surface area contributed by atoms with Crippen molar-refractivity contribution in [1.82, 2.24) is 15.2 Å². The molecule has 1 atom stereocenters. The molecule has 2 aromatic rings. The summed E-state index contributed by atoms with van der Waals surface area (Å²) in [4.78, 5) is 19.3. The molecule has 4 nitrogen and oxygen atoms in total. The minimum absolute atomic E-state index is 0.124. The predicted molar refractivity (Wildman–Crippen MR) is 105 cm³/mol. The molecule has 3 rings (SSSR count). The van der Waals surface area contributed by atoms with Crippen LogP contribution in [0.15, 0.2) is 48.7 Å². The molecule has 26 heavy (non-hydrogen) atoms. The first-order valence-corrected chi connectivity index (χ1v) is 9.51. The van der Waals surface area contributed by atoms with Crippen molar-refractivity contribution in [3.05, 3.63) is 65.5 Å². The number of carbonyl (C=O) groups excluding carboxylic acids is 1. The van der Waals surface area contributed by atoms with Gasteiger partial charge in [-0.2, -0.15) is 0 Å². The fourth-order valence-electron chi connectivity index (χ4n) is 3.38. The van der Waals surface area contributed by atoms with E-state index >= 15 is 0 Å². The number of pyridine rings is 1. The average Bonchev–Trinajstić information content (AvgIpc) is 2.65. The van der Waals surface area contributed by atoms with Crippen LogP contribution in [0.3, 0.4) is 0 Å². The van der Waals surface area contributed by atoms with Gasteiger partial charge >= 0.3 is 0 Å². The molecule has 1 aromatic carbocycles. The van der Waals surface area contributed by atoms with E-state index in [9.17, 15) is 4.79 Å². The Morgan fingerprint density at radius 2 is 2.00 bits per heavy atom. The molecule has 1 aromatic heterocycles. The van der Waals surface area contributed by atoms with Crippen molar-refractivity contribution in [1.29, 1.82) is 0 Å². The van der Waals surface area contributed by atoms with E-state index in [0.29, 0.717) is 12.5 Å². The van der Waals surface area contributed by atoms with Gasteiger partial charge in [-0.3, -0.25) is 14.7 Å². The van der Waals surface area contributed by atoms with Crippen LogP contribution in [0, 0.1) is 0 Å². The van der Waals surface area contributed by atoms with Crippen LogP contribution in [0.5, 0.6) is 0 Å². The van der Waals surface area contributed by atoms with Crippen LogP contribution in [0.4, 0.5) is 0 Å². The second-order valence-corrected chi connectivity index (χ2v) is 7.67. The minimum atomic E-state index is -0.402. The molecule has 1 fully saturated rings. The highest BCUT2D eigenvalue weighted by atomic mass is 16.2. The number of benzene rings is 1. The Hall–Kier alpha value is -2.20. The quantitative estimate of drug-likeness (QED) is 0.830. The van der Waals surface area contributed by atoms with Crippen LogP contribution in [-0.4, -0.2) is 34.4 Å². The molecule has 1 N–H and O–H groups in total. The molecule has 4 heteroatoms. The van der Waals surface area contributed by atoms with Crippen molar-refractivity contribution < 1.29 is 4.79 Å². The molecule has 138 valence electrons. The maximum absolute atomic E-state index is 12.7. The molecule has 0 aliphatic carbocycles. The zero-order valence-electron chi connectivity index (χ0n) is 16.0. The molecule has 0 saturated carbocycles. The highest BCUT2D eigenvalue weighted by Crippen LogP contribution is 2.32. The van der Waals surface area contributed by atoms with Gasteiger partial charge in [-0.1, -0.05) is 44.2 Å². The van der Waals surface area contributed by atoms with Gasteiger partial charge in [-0.15, -0.1) is 0 Å². The van der Waals surface area contributed by atoms with Crippen molar-refractivity contribution in [3.63, 3.8) is 0 Å². The number of rotatable bonds is 7. The van der Waals surface area contributed by atoms with Crippen LogP contribution in [0.1, 0.15) is 49.9 Å². The first-order valence-electron chi connectivity index (χ1n) is 9.51. The van der Waals surface area contributed by atoms with E-state index in [4.69, 9.17) is 0 Å². The summed E-state index contributed by atoms with van der Waals surface area (Å²) < 4.78 is 0. The minimum Gasteiger partial charge on any atom is -0.354 e. The van der Waals surface area contributed by atoms with E-state index in [-0.39, 0.29) is 5.91 Å². The standard InChI is InChI=1S/C22H29N3O/c1-17(2)19-9-7-18(8-10-19)16-25-15-12-22(25,3)21(26)24-14-11-20-6-4-5-13-23-20/h4-10,13,17H,11-12,14-16H2,1-3H3,(H,24,26). The van der Waals surface area contributed by atoms with E-state index in [2.05, 4.69) is 60.2 Å².